The van der Waals surface area contributed by atoms with E-state index in [0.717, 1.165) is 28.8 Å². The largest absolute Gasteiger partial charge is 0.289 e. The van der Waals surface area contributed by atoms with Crippen LogP contribution >= 0.6 is 0 Å². The van der Waals surface area contributed by atoms with Crippen molar-refractivity contribution in [1.29, 1.82) is 0 Å². The highest BCUT2D eigenvalue weighted by Crippen LogP contribution is 2.28. The second kappa shape index (κ2) is 3.98. The number of fused-ring (bicyclic) bond motifs is 1. The highest BCUT2D eigenvalue weighted by atomic mass is 16.1. The molecule has 2 nitrogen and oxygen atoms in total. The second-order valence-corrected chi connectivity index (χ2v) is 4.01. The lowest BCUT2D eigenvalue weighted by molar-refractivity contribution is 0.105. The van der Waals surface area contributed by atoms with Gasteiger partial charge in [-0.25, -0.2) is 0 Å². The van der Waals surface area contributed by atoms with Crippen molar-refractivity contribution >= 4 is 11.4 Å². The third-order valence-corrected chi connectivity index (χ3v) is 2.96. The number of carbonyl (C=O) groups excluding carboxylic acids is 1. The van der Waals surface area contributed by atoms with Gasteiger partial charge in [0.1, 0.15) is 0 Å². The average molecular weight is 221 g/mol. The number of hydrogen-bond acceptors (Lipinski definition) is 2. The summed E-state index contributed by atoms with van der Waals surface area (Å²) in [6, 6.07) is 13.2. The summed E-state index contributed by atoms with van der Waals surface area (Å²) < 4.78 is 0. The molecule has 0 unspecified atom stereocenters. The molecular weight excluding hydrogens is 210 g/mol. The van der Waals surface area contributed by atoms with Crippen LogP contribution in [0.1, 0.15) is 21.6 Å². The zero-order chi connectivity index (χ0) is 11.7. The van der Waals surface area contributed by atoms with Crippen LogP contribution < -0.4 is 0 Å². The monoisotopic (exact) mass is 221 g/mol. The lowest BCUT2D eigenvalue weighted by Crippen LogP contribution is -2.01. The minimum atomic E-state index is 0.0809. The average Bonchev–Trinajstić information content (AvgIpc) is 2.83. The van der Waals surface area contributed by atoms with Crippen molar-refractivity contribution in [3.63, 3.8) is 0 Å². The van der Waals surface area contributed by atoms with Gasteiger partial charge in [0.15, 0.2) is 5.78 Å². The van der Waals surface area contributed by atoms with Crippen molar-refractivity contribution in [1.82, 2.24) is 4.98 Å². The predicted molar refractivity (Wildman–Crippen MR) is 66.7 cm³/mol. The van der Waals surface area contributed by atoms with E-state index < -0.39 is 0 Å². The molecule has 1 aromatic carbocycles. The Bertz CT molecular complexity index is 599. The van der Waals surface area contributed by atoms with E-state index in [0.29, 0.717) is 0 Å². The number of carbonyl (C=O) groups is 1. The van der Waals surface area contributed by atoms with E-state index in [2.05, 4.69) is 4.98 Å². The van der Waals surface area contributed by atoms with Crippen LogP contribution in [0, 0.1) is 0 Å². The van der Waals surface area contributed by atoms with Gasteiger partial charge in [-0.15, -0.1) is 0 Å². The van der Waals surface area contributed by atoms with Gasteiger partial charge in [0.2, 0.25) is 0 Å². The van der Waals surface area contributed by atoms with Crippen LogP contribution in [0.15, 0.2) is 54.7 Å². The minimum Gasteiger partial charge on any atom is -0.289 e. The van der Waals surface area contributed by atoms with Crippen LogP contribution in [-0.2, 0) is 6.42 Å². The maximum atomic E-state index is 12.3. The zero-order valence-electron chi connectivity index (χ0n) is 9.26. The molecule has 3 rings (SSSR count). The number of rotatable bonds is 2. The van der Waals surface area contributed by atoms with Crippen LogP contribution in [0.4, 0.5) is 0 Å². The summed E-state index contributed by atoms with van der Waals surface area (Å²) in [5.41, 5.74) is 3.47. The Morgan fingerprint density at radius 2 is 1.88 bits per heavy atom. The van der Waals surface area contributed by atoms with Crippen molar-refractivity contribution in [3.05, 3.63) is 71.6 Å². The first-order valence-electron chi connectivity index (χ1n) is 5.60. The molecule has 1 aromatic heterocycles. The highest BCUT2D eigenvalue weighted by Gasteiger charge is 2.21. The van der Waals surface area contributed by atoms with Crippen LogP contribution in [0.25, 0.3) is 5.57 Å². The van der Waals surface area contributed by atoms with Crippen LogP contribution in [0.2, 0.25) is 0 Å². The van der Waals surface area contributed by atoms with E-state index in [1.165, 1.54) is 0 Å². The lowest BCUT2D eigenvalue weighted by atomic mass is 10.00. The SMILES string of the molecule is O=C(C1=CCc2ncccc21)c1ccccc1. The first-order valence-corrected chi connectivity index (χ1v) is 5.60. The fraction of sp³-hybridized carbons (Fsp3) is 0.0667. The Kier molecular flexibility index (Phi) is 2.33. The van der Waals surface area contributed by atoms with E-state index in [1.54, 1.807) is 6.20 Å². The van der Waals surface area contributed by atoms with Gasteiger partial charge in [-0.2, -0.15) is 0 Å². The Morgan fingerprint density at radius 1 is 1.06 bits per heavy atom. The van der Waals surface area contributed by atoms with E-state index >= 15 is 0 Å². The summed E-state index contributed by atoms with van der Waals surface area (Å²) in [6.07, 6.45) is 4.49. The standard InChI is InChI=1S/C15H11NO/c17-15(11-5-2-1-3-6-11)13-8-9-14-12(13)7-4-10-16-14/h1-8,10H,9H2. The van der Waals surface area contributed by atoms with Gasteiger partial charge < -0.3 is 0 Å². The topological polar surface area (TPSA) is 30.0 Å². The van der Waals surface area contributed by atoms with Gasteiger partial charge in [-0.1, -0.05) is 42.5 Å². The second-order valence-electron chi connectivity index (χ2n) is 4.01. The number of Topliss-reactive ketones (excluding diaryl/α,β-unsaturated/α-hetero) is 1. The number of hydrogen-bond donors (Lipinski definition) is 0. The molecule has 0 bridgehead atoms. The van der Waals surface area contributed by atoms with Crippen molar-refractivity contribution < 1.29 is 4.79 Å². The summed E-state index contributed by atoms with van der Waals surface area (Å²) in [4.78, 5) is 16.6. The van der Waals surface area contributed by atoms with Crippen LogP contribution in [0.5, 0.6) is 0 Å². The molecule has 0 saturated carbocycles. The molecule has 82 valence electrons. The molecule has 2 heteroatoms. The van der Waals surface area contributed by atoms with Gasteiger partial charge in [-0.3, -0.25) is 9.78 Å². The van der Waals surface area contributed by atoms with E-state index in [9.17, 15) is 4.79 Å². The Morgan fingerprint density at radius 3 is 2.71 bits per heavy atom. The molecule has 0 amide bonds. The molecule has 1 aliphatic carbocycles. The van der Waals surface area contributed by atoms with Gasteiger partial charge >= 0.3 is 0 Å². The Labute approximate surface area is 99.6 Å². The summed E-state index contributed by atoms with van der Waals surface area (Å²) in [5, 5.41) is 0. The van der Waals surface area contributed by atoms with Crippen LogP contribution in [0.3, 0.4) is 0 Å². The van der Waals surface area contributed by atoms with E-state index in [4.69, 9.17) is 0 Å². The number of ketones is 1. The normalized spacial score (nSPS) is 13.1. The van der Waals surface area contributed by atoms with Crippen molar-refractivity contribution in [2.45, 2.75) is 6.42 Å². The maximum absolute atomic E-state index is 12.3. The fourth-order valence-electron chi connectivity index (χ4n) is 2.11. The molecule has 0 N–H and O–H groups in total. The number of allylic oxidation sites excluding steroid dienone is 2. The highest BCUT2D eigenvalue weighted by molar-refractivity contribution is 6.29. The Balaban J connectivity index is 2.01. The quantitative estimate of drug-likeness (QED) is 0.730. The number of benzene rings is 1. The number of nitrogens with zero attached hydrogens (tertiary/aromatic N) is 1. The van der Waals surface area contributed by atoms with Crippen molar-refractivity contribution in [3.8, 4) is 0 Å². The fourth-order valence-corrected chi connectivity index (χ4v) is 2.11. The molecule has 0 saturated heterocycles. The van der Waals surface area contributed by atoms with Crippen LogP contribution in [-0.4, -0.2) is 10.8 Å². The molecule has 1 heterocycles. The molecule has 0 atom stereocenters. The molecule has 2 aromatic rings. The minimum absolute atomic E-state index is 0.0809. The molecule has 0 fully saturated rings. The number of aromatic nitrogens is 1. The van der Waals surface area contributed by atoms with Crippen molar-refractivity contribution in [2.24, 2.45) is 0 Å². The third-order valence-electron chi connectivity index (χ3n) is 2.96. The van der Waals surface area contributed by atoms with Gasteiger partial charge in [0.25, 0.3) is 0 Å². The Hall–Kier alpha value is -2.22. The summed E-state index contributed by atoms with van der Waals surface area (Å²) in [5.74, 6) is 0.0809. The predicted octanol–water partition coefficient (Wildman–Crippen LogP) is 2.90. The maximum Gasteiger partial charge on any atom is 0.193 e. The summed E-state index contributed by atoms with van der Waals surface area (Å²) in [6.45, 7) is 0. The molecule has 0 spiro atoms. The first-order chi connectivity index (χ1) is 8.36. The van der Waals surface area contributed by atoms with E-state index in [1.807, 2.05) is 48.5 Å². The molecule has 17 heavy (non-hydrogen) atoms. The smallest absolute Gasteiger partial charge is 0.193 e. The molecule has 1 aliphatic rings. The lowest BCUT2D eigenvalue weighted by Gasteiger charge is -2.04. The molecule has 0 aliphatic heterocycles. The zero-order valence-corrected chi connectivity index (χ0v) is 9.26. The molecular formula is C15H11NO. The van der Waals surface area contributed by atoms with Gasteiger partial charge in [0, 0.05) is 29.3 Å². The number of pyridine rings is 1. The van der Waals surface area contributed by atoms with E-state index in [-0.39, 0.29) is 5.78 Å². The van der Waals surface area contributed by atoms with Crippen molar-refractivity contribution in [2.75, 3.05) is 0 Å². The van der Waals surface area contributed by atoms with Gasteiger partial charge in [-0.05, 0) is 6.07 Å². The third kappa shape index (κ3) is 1.68. The first kappa shape index (κ1) is 9.97. The van der Waals surface area contributed by atoms with Gasteiger partial charge in [0.05, 0.1) is 5.69 Å². The molecule has 0 radical (unpaired) electrons. The summed E-state index contributed by atoms with van der Waals surface area (Å²) in [7, 11) is 0. The summed E-state index contributed by atoms with van der Waals surface area (Å²) >= 11 is 0.